The molecule has 2 aliphatic rings. The number of anilines is 1. The van der Waals surface area contributed by atoms with Crippen molar-refractivity contribution in [2.45, 2.75) is 25.3 Å². The number of imide groups is 1. The fourth-order valence-electron chi connectivity index (χ4n) is 5.53. The molecule has 0 atom stereocenters. The molecule has 4 heterocycles. The van der Waals surface area contributed by atoms with Crippen molar-refractivity contribution in [2.75, 3.05) is 18.0 Å². The topological polar surface area (TPSA) is 100 Å². The minimum absolute atomic E-state index is 0.0619. The normalized spacial score (nSPS) is 16.3. The molecule has 2 saturated heterocycles. The van der Waals surface area contributed by atoms with Crippen molar-refractivity contribution in [1.29, 1.82) is 0 Å². The van der Waals surface area contributed by atoms with Crippen LogP contribution < -0.4 is 10.2 Å². The first-order valence-corrected chi connectivity index (χ1v) is 13.0. The maximum Gasteiger partial charge on any atom is 0.329 e. The predicted octanol–water partition coefficient (Wildman–Crippen LogP) is 4.53. The second-order valence-electron chi connectivity index (χ2n) is 10.1. The number of urea groups is 1. The second kappa shape index (κ2) is 10.1. The zero-order chi connectivity index (χ0) is 29.8. The average Bonchev–Trinajstić information content (AvgIpc) is 3.52. The molecule has 2 aliphatic heterocycles. The summed E-state index contributed by atoms with van der Waals surface area (Å²) in [6, 6.07) is 9.56. The van der Waals surface area contributed by atoms with E-state index in [0.29, 0.717) is 16.8 Å². The summed E-state index contributed by atoms with van der Waals surface area (Å²) in [5, 5.41) is 6.65. The number of rotatable bonds is 4. The van der Waals surface area contributed by atoms with Crippen molar-refractivity contribution in [3.8, 4) is 16.9 Å². The number of hydrogen-bond acceptors (Lipinski definition) is 5. The van der Waals surface area contributed by atoms with E-state index in [9.17, 15) is 31.9 Å². The lowest BCUT2D eigenvalue weighted by molar-refractivity contribution is -0.124. The number of aryl methyl sites for hydroxylation is 1. The van der Waals surface area contributed by atoms with Crippen molar-refractivity contribution in [1.82, 2.24) is 25.0 Å². The van der Waals surface area contributed by atoms with Gasteiger partial charge >= 0.3 is 6.03 Å². The zero-order valence-corrected chi connectivity index (χ0v) is 22.1. The third kappa shape index (κ3) is 4.37. The van der Waals surface area contributed by atoms with Crippen molar-refractivity contribution < 1.29 is 31.9 Å². The first kappa shape index (κ1) is 27.1. The molecule has 1 N–H and O–H groups in total. The van der Waals surface area contributed by atoms with Gasteiger partial charge in [-0.25, -0.2) is 27.0 Å². The van der Waals surface area contributed by atoms with Crippen LogP contribution in [0.25, 0.3) is 16.9 Å². The Morgan fingerprint density at radius 2 is 1.69 bits per heavy atom. The number of nitrogens with one attached hydrogen (secondary N) is 1. The number of amides is 4. The van der Waals surface area contributed by atoms with Crippen LogP contribution >= 0.6 is 0 Å². The van der Waals surface area contributed by atoms with Crippen LogP contribution in [0.1, 0.15) is 28.9 Å². The number of piperidine rings is 1. The Labute approximate surface area is 236 Å². The Bertz CT molecular complexity index is 1730. The van der Waals surface area contributed by atoms with E-state index in [0.717, 1.165) is 16.8 Å². The van der Waals surface area contributed by atoms with E-state index < -0.39 is 46.7 Å². The molecule has 4 aromatic rings. The van der Waals surface area contributed by atoms with Crippen LogP contribution in [0.4, 0.5) is 28.0 Å². The number of carbonyl (C=O) groups is 3. The van der Waals surface area contributed by atoms with Crippen LogP contribution in [0, 0.1) is 30.2 Å². The van der Waals surface area contributed by atoms with Crippen molar-refractivity contribution in [2.24, 2.45) is 0 Å². The second-order valence-corrected chi connectivity index (χ2v) is 10.1. The Kier molecular flexibility index (Phi) is 6.51. The largest absolute Gasteiger partial charge is 0.337 e. The fourth-order valence-corrected chi connectivity index (χ4v) is 5.53. The van der Waals surface area contributed by atoms with Gasteiger partial charge in [-0.1, -0.05) is 0 Å². The minimum atomic E-state index is -1.63. The first-order valence-electron chi connectivity index (χ1n) is 13.0. The quantitative estimate of drug-likeness (QED) is 0.218. The number of nitrogens with zero attached hydrogens (tertiary/aromatic N) is 5. The molecule has 0 saturated carbocycles. The molecule has 0 unspecified atom stereocenters. The van der Waals surface area contributed by atoms with E-state index in [1.54, 1.807) is 19.1 Å². The monoisotopic (exact) mass is 578 g/mol. The van der Waals surface area contributed by atoms with Crippen LogP contribution in [0.2, 0.25) is 0 Å². The number of carbonyl (C=O) groups excluding carboxylic acids is 3. The molecular formula is C29H22F4N6O3. The van der Waals surface area contributed by atoms with Gasteiger partial charge in [0.25, 0.3) is 11.8 Å². The number of aromatic nitrogens is 3. The van der Waals surface area contributed by atoms with Gasteiger partial charge in [-0.3, -0.25) is 24.8 Å². The minimum Gasteiger partial charge on any atom is -0.337 e. The smallest absolute Gasteiger partial charge is 0.329 e. The van der Waals surface area contributed by atoms with Crippen LogP contribution in [0.5, 0.6) is 0 Å². The number of hydrogen-bond donors (Lipinski definition) is 1. The number of benzene rings is 2. The maximum absolute atomic E-state index is 14.1. The summed E-state index contributed by atoms with van der Waals surface area (Å²) in [6.07, 6.45) is 3.19. The van der Waals surface area contributed by atoms with Gasteiger partial charge in [0.05, 0.1) is 11.4 Å². The van der Waals surface area contributed by atoms with E-state index in [1.807, 2.05) is 0 Å². The molecule has 2 fully saturated rings. The molecule has 0 radical (unpaired) electrons. The van der Waals surface area contributed by atoms with Gasteiger partial charge in [0.2, 0.25) is 0 Å². The summed E-state index contributed by atoms with van der Waals surface area (Å²) in [4.78, 5) is 46.3. The molecule has 13 heteroatoms. The highest BCUT2D eigenvalue weighted by molar-refractivity contribution is 6.17. The van der Waals surface area contributed by atoms with E-state index in [4.69, 9.17) is 0 Å². The van der Waals surface area contributed by atoms with Gasteiger partial charge in [-0.15, -0.1) is 0 Å². The first-order chi connectivity index (χ1) is 20.1. The third-order valence-corrected chi connectivity index (χ3v) is 7.65. The third-order valence-electron chi connectivity index (χ3n) is 7.65. The Morgan fingerprint density at radius 1 is 0.976 bits per heavy atom. The molecule has 2 aromatic heterocycles. The van der Waals surface area contributed by atoms with E-state index in [-0.39, 0.29) is 43.0 Å². The lowest BCUT2D eigenvalue weighted by Crippen LogP contribution is -2.57. The van der Waals surface area contributed by atoms with Gasteiger partial charge in [-0.2, -0.15) is 5.10 Å². The molecule has 9 nitrogen and oxygen atoms in total. The number of pyridine rings is 1. The molecular weight excluding hydrogens is 556 g/mol. The van der Waals surface area contributed by atoms with Gasteiger partial charge in [0.1, 0.15) is 11.4 Å². The Morgan fingerprint density at radius 3 is 2.33 bits per heavy atom. The Balaban J connectivity index is 1.31. The lowest BCUT2D eigenvalue weighted by atomic mass is 9.85. The van der Waals surface area contributed by atoms with Gasteiger partial charge in [0, 0.05) is 48.9 Å². The number of likely N-dealkylation sites (tertiary alicyclic amines) is 1. The summed E-state index contributed by atoms with van der Waals surface area (Å²) in [6.45, 7) is 1.78. The molecule has 2 aromatic carbocycles. The maximum atomic E-state index is 14.1. The fraction of sp³-hybridized carbons (Fsp3) is 0.207. The van der Waals surface area contributed by atoms with Gasteiger partial charge < -0.3 is 4.90 Å². The Hall–Kier alpha value is -5.07. The lowest BCUT2D eigenvalue weighted by Gasteiger charge is -2.42. The van der Waals surface area contributed by atoms with Gasteiger partial charge in [-0.05, 0) is 61.7 Å². The summed E-state index contributed by atoms with van der Waals surface area (Å²) in [5.41, 5.74) is 0.140. The van der Waals surface area contributed by atoms with Crippen molar-refractivity contribution in [3.05, 3.63) is 95.5 Å². The van der Waals surface area contributed by atoms with Crippen molar-refractivity contribution in [3.63, 3.8) is 0 Å². The molecule has 4 amide bonds. The van der Waals surface area contributed by atoms with Crippen LogP contribution in [0.15, 0.2) is 60.9 Å². The highest BCUT2D eigenvalue weighted by atomic mass is 19.2. The molecule has 6 rings (SSSR count). The standard InChI is InChI=1S/C29H22F4N6O3/c1-16-11-18(30)4-5-23(16)38-28(42)35-27(41)29(38)6-9-37(10-7-29)26(40)22-14-24(17-3-2-8-34-15-17)39(36-22)19-12-20(31)25(33)21(32)13-19/h2-5,8,11-15H,6-7,9-10H2,1H3,(H,35,41,42). The molecule has 0 bridgehead atoms. The summed E-state index contributed by atoms with van der Waals surface area (Å²) < 4.78 is 56.7. The van der Waals surface area contributed by atoms with Crippen LogP contribution in [-0.2, 0) is 4.79 Å². The molecule has 0 aliphatic carbocycles. The number of halogens is 4. The highest BCUT2D eigenvalue weighted by Gasteiger charge is 2.55. The SMILES string of the molecule is Cc1cc(F)ccc1N1C(=O)NC(=O)C12CCN(C(=O)c1cc(-c3cccnc3)n(-c3cc(F)c(F)c(F)c3)n1)CC2. The zero-order valence-electron chi connectivity index (χ0n) is 22.1. The van der Waals surface area contributed by atoms with E-state index in [2.05, 4.69) is 15.4 Å². The van der Waals surface area contributed by atoms with E-state index in [1.165, 1.54) is 46.5 Å². The van der Waals surface area contributed by atoms with Gasteiger partial charge in [0.15, 0.2) is 23.1 Å². The predicted molar refractivity (Wildman–Crippen MR) is 142 cm³/mol. The van der Waals surface area contributed by atoms with Crippen LogP contribution in [0.3, 0.4) is 0 Å². The van der Waals surface area contributed by atoms with Crippen molar-refractivity contribution >= 4 is 23.5 Å². The van der Waals surface area contributed by atoms with Crippen LogP contribution in [-0.4, -0.2) is 56.1 Å². The molecule has 1 spiro atoms. The summed E-state index contributed by atoms with van der Waals surface area (Å²) in [5.74, 6) is -5.98. The molecule has 42 heavy (non-hydrogen) atoms. The summed E-state index contributed by atoms with van der Waals surface area (Å²) in [7, 11) is 0. The molecule has 214 valence electrons. The highest BCUT2D eigenvalue weighted by Crippen LogP contribution is 2.39. The summed E-state index contributed by atoms with van der Waals surface area (Å²) >= 11 is 0. The average molecular weight is 579 g/mol. The van der Waals surface area contributed by atoms with E-state index >= 15 is 0 Å².